The zero-order valence-electron chi connectivity index (χ0n) is 25.4. The molecule has 0 aliphatic rings. The molecular formula is C31H52N4O5. The molecule has 0 heterocycles. The highest BCUT2D eigenvalue weighted by molar-refractivity contribution is 5.94. The van der Waals surface area contributed by atoms with Gasteiger partial charge >= 0.3 is 0 Å². The van der Waals surface area contributed by atoms with Crippen molar-refractivity contribution in [2.45, 2.75) is 117 Å². The first-order chi connectivity index (χ1) is 19.0. The van der Waals surface area contributed by atoms with Crippen LogP contribution in [0.3, 0.4) is 0 Å². The normalized spacial score (nSPS) is 13.3. The molecule has 3 atom stereocenters. The number of phenols is 1. The van der Waals surface area contributed by atoms with Crippen molar-refractivity contribution >= 4 is 23.6 Å². The Morgan fingerprint density at radius 3 is 1.80 bits per heavy atom. The summed E-state index contributed by atoms with van der Waals surface area (Å²) in [6.07, 6.45) is 8.70. The van der Waals surface area contributed by atoms with Crippen LogP contribution in [0.1, 0.15) is 98.5 Å². The summed E-state index contributed by atoms with van der Waals surface area (Å²) < 4.78 is 0. The number of nitrogens with zero attached hydrogens (tertiary/aromatic N) is 1. The standard InChI is InChI=1S/C31H52N4O5/c1-7-9-11-13-19-35(20-14-12-10-8-2)31(40)23(5)32-30(39)28(22(3)4)34-29(38)27(33-24(6)36)21-25-15-17-26(37)18-16-25/h15-18,22-23,27-28,37H,7-14,19-21H2,1-6H3,(H,32,39)(H,33,36)(H,34,38)/t23-,27+,28+/m1/s1. The SMILES string of the molecule is CCCCCCN(CCCCCC)C(=O)[C@@H](C)NC(=O)[C@@H](NC(=O)[C@H](Cc1ccc(O)cc1)NC(C)=O)C(C)C. The van der Waals surface area contributed by atoms with Gasteiger partial charge in [-0.2, -0.15) is 0 Å². The molecule has 0 spiro atoms. The van der Waals surface area contributed by atoms with Gasteiger partial charge in [-0.25, -0.2) is 0 Å². The number of carbonyl (C=O) groups is 4. The van der Waals surface area contributed by atoms with E-state index in [1.807, 2.05) is 18.7 Å². The van der Waals surface area contributed by atoms with E-state index in [4.69, 9.17) is 0 Å². The minimum Gasteiger partial charge on any atom is -0.508 e. The summed E-state index contributed by atoms with van der Waals surface area (Å²) in [6, 6.07) is 3.85. The van der Waals surface area contributed by atoms with Crippen LogP contribution in [0.15, 0.2) is 24.3 Å². The van der Waals surface area contributed by atoms with Crippen LogP contribution in [0.2, 0.25) is 0 Å². The van der Waals surface area contributed by atoms with Crippen molar-refractivity contribution in [1.82, 2.24) is 20.9 Å². The first kappa shape index (κ1) is 34.9. The molecule has 9 nitrogen and oxygen atoms in total. The number of rotatable bonds is 19. The average molecular weight is 561 g/mol. The van der Waals surface area contributed by atoms with Crippen molar-refractivity contribution in [1.29, 1.82) is 0 Å². The molecule has 0 saturated heterocycles. The lowest BCUT2D eigenvalue weighted by Gasteiger charge is -2.29. The molecule has 0 aromatic heterocycles. The van der Waals surface area contributed by atoms with Crippen molar-refractivity contribution in [3.05, 3.63) is 29.8 Å². The lowest BCUT2D eigenvalue weighted by molar-refractivity contribution is -0.137. The van der Waals surface area contributed by atoms with Crippen molar-refractivity contribution in [3.63, 3.8) is 0 Å². The van der Waals surface area contributed by atoms with Crippen LogP contribution in [0.4, 0.5) is 0 Å². The number of nitrogens with one attached hydrogen (secondary N) is 3. The summed E-state index contributed by atoms with van der Waals surface area (Å²) in [7, 11) is 0. The van der Waals surface area contributed by atoms with Crippen LogP contribution in [0, 0.1) is 5.92 Å². The van der Waals surface area contributed by atoms with Gasteiger partial charge in [0.1, 0.15) is 23.9 Å². The Balaban J connectivity index is 2.90. The molecule has 226 valence electrons. The fourth-order valence-corrected chi connectivity index (χ4v) is 4.54. The number of unbranched alkanes of at least 4 members (excludes halogenated alkanes) is 6. The van der Waals surface area contributed by atoms with E-state index in [0.29, 0.717) is 13.1 Å². The molecule has 0 fully saturated rings. The second-order valence-electron chi connectivity index (χ2n) is 11.0. The number of hydrogen-bond donors (Lipinski definition) is 4. The third-order valence-electron chi connectivity index (χ3n) is 6.92. The molecule has 1 aromatic carbocycles. The van der Waals surface area contributed by atoms with E-state index in [9.17, 15) is 24.3 Å². The quantitative estimate of drug-likeness (QED) is 0.190. The van der Waals surface area contributed by atoms with Gasteiger partial charge in [0.05, 0.1) is 0 Å². The van der Waals surface area contributed by atoms with E-state index < -0.39 is 29.9 Å². The van der Waals surface area contributed by atoms with E-state index in [0.717, 1.165) is 56.9 Å². The third kappa shape index (κ3) is 13.3. The topological polar surface area (TPSA) is 128 Å². The van der Waals surface area contributed by atoms with Crippen LogP contribution < -0.4 is 16.0 Å². The van der Waals surface area contributed by atoms with Crippen LogP contribution >= 0.6 is 0 Å². The Hall–Kier alpha value is -3.10. The van der Waals surface area contributed by atoms with E-state index in [1.165, 1.54) is 19.1 Å². The Morgan fingerprint density at radius 2 is 1.32 bits per heavy atom. The van der Waals surface area contributed by atoms with Crippen LogP contribution in [0.25, 0.3) is 0 Å². The summed E-state index contributed by atoms with van der Waals surface area (Å²) >= 11 is 0. The average Bonchev–Trinajstić information content (AvgIpc) is 2.90. The molecule has 0 aliphatic carbocycles. The zero-order chi connectivity index (χ0) is 30.1. The third-order valence-corrected chi connectivity index (χ3v) is 6.92. The molecule has 0 radical (unpaired) electrons. The monoisotopic (exact) mass is 560 g/mol. The number of phenolic OH excluding ortho intramolecular Hbond substituents is 1. The predicted molar refractivity (Wildman–Crippen MR) is 159 cm³/mol. The minimum atomic E-state index is -0.906. The van der Waals surface area contributed by atoms with E-state index in [2.05, 4.69) is 29.8 Å². The smallest absolute Gasteiger partial charge is 0.244 e. The maximum absolute atomic E-state index is 13.3. The number of aromatic hydroxyl groups is 1. The zero-order valence-corrected chi connectivity index (χ0v) is 25.4. The van der Waals surface area contributed by atoms with Gasteiger partial charge in [-0.1, -0.05) is 78.4 Å². The van der Waals surface area contributed by atoms with Crippen molar-refractivity contribution in [2.75, 3.05) is 13.1 Å². The van der Waals surface area contributed by atoms with Crippen LogP contribution in [0.5, 0.6) is 5.75 Å². The number of carbonyl (C=O) groups excluding carboxylic acids is 4. The van der Waals surface area contributed by atoms with Gasteiger partial charge in [-0.3, -0.25) is 19.2 Å². The second kappa shape index (κ2) is 19.1. The van der Waals surface area contributed by atoms with Gasteiger partial charge in [0.15, 0.2) is 0 Å². The highest BCUT2D eigenvalue weighted by atomic mass is 16.3. The van der Waals surface area contributed by atoms with Crippen molar-refractivity contribution in [3.8, 4) is 5.75 Å². The molecule has 0 unspecified atom stereocenters. The Labute approximate surface area is 240 Å². The fourth-order valence-electron chi connectivity index (χ4n) is 4.54. The Morgan fingerprint density at radius 1 is 0.775 bits per heavy atom. The lowest BCUT2D eigenvalue weighted by Crippen LogP contribution is -2.58. The molecule has 0 bridgehead atoms. The van der Waals surface area contributed by atoms with Gasteiger partial charge in [0, 0.05) is 26.4 Å². The summed E-state index contributed by atoms with van der Waals surface area (Å²) in [6.45, 7) is 12.3. The van der Waals surface area contributed by atoms with E-state index in [-0.39, 0.29) is 29.9 Å². The molecule has 0 aliphatic heterocycles. The molecule has 9 heteroatoms. The molecule has 4 N–H and O–H groups in total. The van der Waals surface area contributed by atoms with E-state index >= 15 is 0 Å². The summed E-state index contributed by atoms with van der Waals surface area (Å²) in [4.78, 5) is 53.5. The summed E-state index contributed by atoms with van der Waals surface area (Å²) in [5.41, 5.74) is 0.745. The summed E-state index contributed by atoms with van der Waals surface area (Å²) in [5.74, 6) is -1.57. The number of benzene rings is 1. The molecule has 1 rings (SSSR count). The Bertz CT molecular complexity index is 907. The first-order valence-electron chi connectivity index (χ1n) is 14.9. The predicted octanol–water partition coefficient (Wildman–Crippen LogP) is 4.07. The molecule has 4 amide bonds. The largest absolute Gasteiger partial charge is 0.508 e. The minimum absolute atomic E-state index is 0.102. The van der Waals surface area contributed by atoms with Gasteiger partial charge in [-0.05, 0) is 43.4 Å². The van der Waals surface area contributed by atoms with Crippen molar-refractivity contribution in [2.24, 2.45) is 5.92 Å². The lowest BCUT2D eigenvalue weighted by atomic mass is 10.0. The number of hydrogen-bond acceptors (Lipinski definition) is 5. The van der Waals surface area contributed by atoms with Gasteiger partial charge in [0.2, 0.25) is 23.6 Å². The fraction of sp³-hybridized carbons (Fsp3) is 0.677. The highest BCUT2D eigenvalue weighted by Crippen LogP contribution is 2.13. The van der Waals surface area contributed by atoms with Gasteiger partial charge in [0.25, 0.3) is 0 Å². The van der Waals surface area contributed by atoms with Gasteiger partial charge < -0.3 is 26.0 Å². The highest BCUT2D eigenvalue weighted by Gasteiger charge is 2.31. The summed E-state index contributed by atoms with van der Waals surface area (Å²) in [5, 5.41) is 17.8. The van der Waals surface area contributed by atoms with E-state index in [1.54, 1.807) is 19.1 Å². The van der Waals surface area contributed by atoms with Crippen LogP contribution in [-0.4, -0.2) is 64.9 Å². The molecule has 1 aromatic rings. The van der Waals surface area contributed by atoms with Crippen molar-refractivity contribution < 1.29 is 24.3 Å². The molecule has 0 saturated carbocycles. The maximum Gasteiger partial charge on any atom is 0.244 e. The molecular weight excluding hydrogens is 508 g/mol. The number of amides is 4. The van der Waals surface area contributed by atoms with Gasteiger partial charge in [-0.15, -0.1) is 0 Å². The first-order valence-corrected chi connectivity index (χ1v) is 14.9. The maximum atomic E-state index is 13.3. The Kier molecular flexibility index (Phi) is 16.6. The van der Waals surface area contributed by atoms with Crippen LogP contribution in [-0.2, 0) is 25.6 Å². The molecule has 40 heavy (non-hydrogen) atoms. The second-order valence-corrected chi connectivity index (χ2v) is 11.0.